The van der Waals surface area contributed by atoms with Gasteiger partial charge < -0.3 is 14.8 Å². The van der Waals surface area contributed by atoms with E-state index in [0.29, 0.717) is 5.75 Å². The summed E-state index contributed by atoms with van der Waals surface area (Å²) in [5, 5.41) is 2.59. The summed E-state index contributed by atoms with van der Waals surface area (Å²) in [5.41, 5.74) is -0.141. The molecule has 1 atom stereocenters. The van der Waals surface area contributed by atoms with Crippen molar-refractivity contribution in [3.8, 4) is 5.75 Å². The van der Waals surface area contributed by atoms with Crippen LogP contribution in [0.1, 0.15) is 27.6 Å². The van der Waals surface area contributed by atoms with Gasteiger partial charge in [-0.05, 0) is 35.9 Å². The van der Waals surface area contributed by atoms with Gasteiger partial charge in [0.25, 0.3) is 5.91 Å². The summed E-state index contributed by atoms with van der Waals surface area (Å²) in [4.78, 5) is 12.1. The summed E-state index contributed by atoms with van der Waals surface area (Å²) in [6, 6.07) is 11.4. The first-order valence-corrected chi connectivity index (χ1v) is 7.47. The maximum absolute atomic E-state index is 12.7. The van der Waals surface area contributed by atoms with Gasteiger partial charge in [0.2, 0.25) is 0 Å². The molecule has 0 spiro atoms. The average Bonchev–Trinajstić information content (AvgIpc) is 2.61. The summed E-state index contributed by atoms with van der Waals surface area (Å²) in [6.45, 7) is 0.110. The van der Waals surface area contributed by atoms with Gasteiger partial charge in [-0.2, -0.15) is 13.2 Å². The second kappa shape index (κ2) is 8.02. The zero-order chi connectivity index (χ0) is 18.4. The number of hydrogen-bond acceptors (Lipinski definition) is 3. The van der Waals surface area contributed by atoms with Crippen LogP contribution in [0.5, 0.6) is 5.75 Å². The first-order chi connectivity index (χ1) is 11.8. The number of amides is 1. The molecule has 0 bridgehead atoms. The lowest BCUT2D eigenvalue weighted by molar-refractivity contribution is -0.137. The Bertz CT molecular complexity index is 732. The minimum Gasteiger partial charge on any atom is -0.497 e. The number of halogens is 3. The van der Waals surface area contributed by atoms with Crippen molar-refractivity contribution in [2.45, 2.75) is 12.3 Å². The summed E-state index contributed by atoms with van der Waals surface area (Å²) in [5.74, 6) is 0.0415. The number of benzene rings is 2. The highest BCUT2D eigenvalue weighted by Gasteiger charge is 2.30. The molecule has 0 aliphatic heterocycles. The van der Waals surface area contributed by atoms with E-state index < -0.39 is 23.8 Å². The number of carbonyl (C=O) groups is 1. The number of nitrogens with one attached hydrogen (secondary N) is 1. The van der Waals surface area contributed by atoms with Crippen LogP contribution in [0.15, 0.2) is 48.5 Å². The Labute approximate surface area is 143 Å². The molecule has 1 N–H and O–H groups in total. The maximum atomic E-state index is 12.7. The number of hydrogen-bond donors (Lipinski definition) is 1. The summed E-state index contributed by atoms with van der Waals surface area (Å²) >= 11 is 0. The molecule has 0 radical (unpaired) electrons. The molecule has 4 nitrogen and oxygen atoms in total. The van der Waals surface area contributed by atoms with E-state index in [0.717, 1.165) is 17.7 Å². The Kier molecular flexibility index (Phi) is 6.03. The second-order valence-electron chi connectivity index (χ2n) is 5.29. The standard InChI is InChI=1S/C18H18F3NO3/c1-24-15-8-4-5-12(10-15)16(25-2)11-22-17(23)13-6-3-7-14(9-13)18(19,20)21/h3-10,16H,11H2,1-2H3,(H,22,23)/t16-/m0/s1. The van der Waals surface area contributed by atoms with Gasteiger partial charge in [-0.15, -0.1) is 0 Å². The number of alkyl halides is 3. The Morgan fingerprint density at radius 1 is 1.12 bits per heavy atom. The van der Waals surface area contributed by atoms with Gasteiger partial charge in [0.15, 0.2) is 0 Å². The van der Waals surface area contributed by atoms with E-state index in [1.807, 2.05) is 6.07 Å². The molecular weight excluding hydrogens is 335 g/mol. The van der Waals surface area contributed by atoms with E-state index in [2.05, 4.69) is 5.32 Å². The van der Waals surface area contributed by atoms with Crippen LogP contribution in [0.25, 0.3) is 0 Å². The first-order valence-electron chi connectivity index (χ1n) is 7.47. The molecule has 134 valence electrons. The summed E-state index contributed by atoms with van der Waals surface area (Å²) in [7, 11) is 3.02. The van der Waals surface area contributed by atoms with Crippen molar-refractivity contribution in [1.29, 1.82) is 0 Å². The van der Waals surface area contributed by atoms with E-state index in [1.54, 1.807) is 18.2 Å². The molecule has 2 aromatic carbocycles. The van der Waals surface area contributed by atoms with Crippen LogP contribution >= 0.6 is 0 Å². The van der Waals surface area contributed by atoms with Gasteiger partial charge in [0, 0.05) is 19.2 Å². The predicted octanol–water partition coefficient (Wildman–Crippen LogP) is 3.83. The first kappa shape index (κ1) is 18.8. The lowest BCUT2D eigenvalue weighted by atomic mass is 10.1. The molecule has 0 aromatic heterocycles. The molecule has 2 rings (SSSR count). The van der Waals surface area contributed by atoms with Crippen LogP contribution in [0.4, 0.5) is 13.2 Å². The zero-order valence-corrected chi connectivity index (χ0v) is 13.8. The van der Waals surface area contributed by atoms with Crippen molar-refractivity contribution in [2.75, 3.05) is 20.8 Å². The van der Waals surface area contributed by atoms with Gasteiger partial charge >= 0.3 is 6.18 Å². The SMILES string of the molecule is COc1cccc([C@H](CNC(=O)c2cccc(C(F)(F)F)c2)OC)c1. The molecule has 0 saturated heterocycles. The fraction of sp³-hybridized carbons (Fsp3) is 0.278. The molecule has 1 amide bonds. The Hall–Kier alpha value is -2.54. The van der Waals surface area contributed by atoms with E-state index >= 15 is 0 Å². The second-order valence-corrected chi connectivity index (χ2v) is 5.29. The topological polar surface area (TPSA) is 47.6 Å². The normalized spacial score (nSPS) is 12.5. The third kappa shape index (κ3) is 4.96. The lowest BCUT2D eigenvalue weighted by Crippen LogP contribution is -2.29. The fourth-order valence-electron chi connectivity index (χ4n) is 2.30. The van der Waals surface area contributed by atoms with E-state index in [1.165, 1.54) is 26.4 Å². The smallest absolute Gasteiger partial charge is 0.416 e. The molecule has 2 aromatic rings. The number of methoxy groups -OCH3 is 2. The number of ether oxygens (including phenoxy) is 2. The Balaban J connectivity index is 2.07. The largest absolute Gasteiger partial charge is 0.497 e. The predicted molar refractivity (Wildman–Crippen MR) is 86.5 cm³/mol. The maximum Gasteiger partial charge on any atom is 0.416 e. The summed E-state index contributed by atoms with van der Waals surface area (Å²) < 4.78 is 48.7. The van der Waals surface area contributed by atoms with E-state index in [4.69, 9.17) is 9.47 Å². The zero-order valence-electron chi connectivity index (χ0n) is 13.8. The van der Waals surface area contributed by atoms with Crippen molar-refractivity contribution in [3.63, 3.8) is 0 Å². The van der Waals surface area contributed by atoms with Gasteiger partial charge in [-0.3, -0.25) is 4.79 Å². The average molecular weight is 353 g/mol. The molecule has 7 heteroatoms. The molecule has 25 heavy (non-hydrogen) atoms. The number of rotatable bonds is 6. The molecule has 0 unspecified atom stereocenters. The van der Waals surface area contributed by atoms with E-state index in [-0.39, 0.29) is 12.1 Å². The Morgan fingerprint density at radius 3 is 2.48 bits per heavy atom. The third-order valence-corrected chi connectivity index (χ3v) is 3.65. The van der Waals surface area contributed by atoms with Crippen molar-refractivity contribution >= 4 is 5.91 Å². The minimum atomic E-state index is -4.49. The highest BCUT2D eigenvalue weighted by atomic mass is 19.4. The Morgan fingerprint density at radius 2 is 1.84 bits per heavy atom. The van der Waals surface area contributed by atoms with Crippen LogP contribution in [-0.4, -0.2) is 26.7 Å². The fourth-order valence-corrected chi connectivity index (χ4v) is 2.30. The van der Waals surface area contributed by atoms with Crippen LogP contribution in [0, 0.1) is 0 Å². The van der Waals surface area contributed by atoms with Crippen molar-refractivity contribution in [2.24, 2.45) is 0 Å². The van der Waals surface area contributed by atoms with Crippen molar-refractivity contribution in [3.05, 3.63) is 65.2 Å². The van der Waals surface area contributed by atoms with Crippen molar-refractivity contribution in [1.82, 2.24) is 5.32 Å². The third-order valence-electron chi connectivity index (χ3n) is 3.65. The molecule has 0 aliphatic rings. The molecule has 0 saturated carbocycles. The van der Waals surface area contributed by atoms with Crippen LogP contribution in [0.2, 0.25) is 0 Å². The van der Waals surface area contributed by atoms with Crippen molar-refractivity contribution < 1.29 is 27.4 Å². The lowest BCUT2D eigenvalue weighted by Gasteiger charge is -2.17. The minimum absolute atomic E-state index is 0.0599. The van der Waals surface area contributed by atoms with Gasteiger partial charge in [-0.25, -0.2) is 0 Å². The quantitative estimate of drug-likeness (QED) is 0.859. The van der Waals surface area contributed by atoms with Gasteiger partial charge in [0.1, 0.15) is 5.75 Å². The van der Waals surface area contributed by atoms with Crippen LogP contribution in [-0.2, 0) is 10.9 Å². The highest BCUT2D eigenvalue weighted by Crippen LogP contribution is 2.29. The van der Waals surface area contributed by atoms with E-state index in [9.17, 15) is 18.0 Å². The number of carbonyl (C=O) groups excluding carboxylic acids is 1. The van der Waals surface area contributed by atoms with Gasteiger partial charge in [-0.1, -0.05) is 18.2 Å². The summed E-state index contributed by atoms with van der Waals surface area (Å²) in [6.07, 6.45) is -4.95. The van der Waals surface area contributed by atoms with Crippen LogP contribution < -0.4 is 10.1 Å². The molecule has 0 heterocycles. The molecular formula is C18H18F3NO3. The monoisotopic (exact) mass is 353 g/mol. The molecule has 0 fully saturated rings. The van der Waals surface area contributed by atoms with Crippen LogP contribution in [0.3, 0.4) is 0 Å². The van der Waals surface area contributed by atoms with Gasteiger partial charge in [0.05, 0.1) is 18.8 Å². The molecule has 0 aliphatic carbocycles. The highest BCUT2D eigenvalue weighted by molar-refractivity contribution is 5.94.